The van der Waals surface area contributed by atoms with Crippen molar-refractivity contribution >= 4 is 28.2 Å². The van der Waals surface area contributed by atoms with E-state index >= 15 is 0 Å². The Morgan fingerprint density at radius 2 is 2.04 bits per heavy atom. The Morgan fingerprint density at radius 3 is 2.62 bits per heavy atom. The summed E-state index contributed by atoms with van der Waals surface area (Å²) in [5, 5.41) is 16.4. The van der Waals surface area contributed by atoms with Crippen molar-refractivity contribution in [2.45, 2.75) is 58.5 Å². The maximum atomic E-state index is 12.0. The Labute approximate surface area is 146 Å². The number of fused-ring (bicyclic) bond motifs is 1. The molecule has 1 aromatic rings. The SMILES string of the molecule is CCC(=O)OCC(=O)Nc1sc2c(c1C#N)CC(C)(C)NC2(C)C. The molecule has 130 valence electrons. The van der Waals surface area contributed by atoms with E-state index in [0.29, 0.717) is 17.0 Å². The van der Waals surface area contributed by atoms with Crippen LogP contribution in [0.2, 0.25) is 0 Å². The van der Waals surface area contributed by atoms with Gasteiger partial charge < -0.3 is 15.4 Å². The van der Waals surface area contributed by atoms with Crippen molar-refractivity contribution in [1.82, 2.24) is 5.32 Å². The number of hydrogen-bond acceptors (Lipinski definition) is 6. The lowest BCUT2D eigenvalue weighted by Crippen LogP contribution is -2.54. The molecule has 1 aliphatic heterocycles. The summed E-state index contributed by atoms with van der Waals surface area (Å²) in [5.41, 5.74) is 1.07. The van der Waals surface area contributed by atoms with Gasteiger partial charge in [-0.3, -0.25) is 9.59 Å². The van der Waals surface area contributed by atoms with Crippen LogP contribution >= 0.6 is 11.3 Å². The van der Waals surface area contributed by atoms with Gasteiger partial charge in [-0.05, 0) is 39.7 Å². The molecule has 0 aromatic carbocycles. The first kappa shape index (κ1) is 18.4. The minimum Gasteiger partial charge on any atom is -0.456 e. The van der Waals surface area contributed by atoms with E-state index in [0.717, 1.165) is 10.4 Å². The molecule has 7 heteroatoms. The molecular formula is C17H23N3O3S. The monoisotopic (exact) mass is 349 g/mol. The summed E-state index contributed by atoms with van der Waals surface area (Å²) in [6, 6.07) is 2.22. The number of anilines is 1. The lowest BCUT2D eigenvalue weighted by atomic mass is 9.81. The van der Waals surface area contributed by atoms with Crippen LogP contribution in [-0.4, -0.2) is 24.0 Å². The maximum absolute atomic E-state index is 12.0. The largest absolute Gasteiger partial charge is 0.456 e. The Hall–Kier alpha value is -1.91. The standard InChI is InChI=1S/C17H23N3O3S/c1-6-13(22)23-9-12(21)19-15-11(8-18)10-7-16(2,3)20-17(4,5)14(10)24-15/h20H,6-7,9H2,1-5H3,(H,19,21). The summed E-state index contributed by atoms with van der Waals surface area (Å²) < 4.78 is 4.83. The highest BCUT2D eigenvalue weighted by Gasteiger charge is 2.40. The Kier molecular flexibility index (Phi) is 5.02. The van der Waals surface area contributed by atoms with Gasteiger partial charge in [-0.2, -0.15) is 5.26 Å². The fourth-order valence-corrected chi connectivity index (χ4v) is 4.39. The first-order chi connectivity index (χ1) is 11.1. The van der Waals surface area contributed by atoms with Gasteiger partial charge in [-0.15, -0.1) is 11.3 Å². The number of rotatable bonds is 4. The van der Waals surface area contributed by atoms with Gasteiger partial charge >= 0.3 is 5.97 Å². The van der Waals surface area contributed by atoms with Crippen molar-refractivity contribution in [3.05, 3.63) is 16.0 Å². The van der Waals surface area contributed by atoms with Gasteiger partial charge in [-0.25, -0.2) is 0 Å². The van der Waals surface area contributed by atoms with E-state index in [1.165, 1.54) is 11.3 Å². The number of nitrogens with zero attached hydrogens (tertiary/aromatic N) is 1. The molecule has 0 unspecified atom stereocenters. The zero-order valence-corrected chi connectivity index (χ0v) is 15.5. The molecule has 0 bridgehead atoms. The highest BCUT2D eigenvalue weighted by Crippen LogP contribution is 2.44. The van der Waals surface area contributed by atoms with Crippen molar-refractivity contribution in [3.8, 4) is 6.07 Å². The van der Waals surface area contributed by atoms with Crippen LogP contribution in [-0.2, 0) is 26.3 Å². The van der Waals surface area contributed by atoms with E-state index in [1.54, 1.807) is 6.92 Å². The van der Waals surface area contributed by atoms with Gasteiger partial charge in [0.15, 0.2) is 6.61 Å². The molecule has 1 amide bonds. The zero-order chi connectivity index (χ0) is 18.1. The predicted octanol–water partition coefficient (Wildman–Crippen LogP) is 2.67. The van der Waals surface area contributed by atoms with Gasteiger partial charge in [0, 0.05) is 22.4 Å². The lowest BCUT2D eigenvalue weighted by molar-refractivity contribution is -0.146. The van der Waals surface area contributed by atoms with E-state index in [1.807, 2.05) is 0 Å². The highest BCUT2D eigenvalue weighted by molar-refractivity contribution is 7.17. The molecule has 1 aliphatic rings. The molecule has 0 aliphatic carbocycles. The molecular weight excluding hydrogens is 326 g/mol. The van der Waals surface area contributed by atoms with Crippen molar-refractivity contribution < 1.29 is 14.3 Å². The second kappa shape index (κ2) is 6.54. The molecule has 0 radical (unpaired) electrons. The third-order valence-electron chi connectivity index (χ3n) is 3.86. The number of carbonyl (C=O) groups is 2. The number of amides is 1. The quantitative estimate of drug-likeness (QED) is 0.816. The third-order valence-corrected chi connectivity index (χ3v) is 5.33. The van der Waals surface area contributed by atoms with Crippen LogP contribution in [0.3, 0.4) is 0 Å². The summed E-state index contributed by atoms with van der Waals surface area (Å²) >= 11 is 1.41. The second-order valence-electron chi connectivity index (χ2n) is 7.10. The van der Waals surface area contributed by atoms with Crippen molar-refractivity contribution in [3.63, 3.8) is 0 Å². The molecule has 0 saturated heterocycles. The summed E-state index contributed by atoms with van der Waals surface area (Å²) in [5.74, 6) is -0.861. The molecule has 0 spiro atoms. The van der Waals surface area contributed by atoms with Gasteiger partial charge in [-0.1, -0.05) is 6.92 Å². The van der Waals surface area contributed by atoms with Gasteiger partial charge in [0.25, 0.3) is 5.91 Å². The van der Waals surface area contributed by atoms with Crippen molar-refractivity contribution in [2.75, 3.05) is 11.9 Å². The highest BCUT2D eigenvalue weighted by atomic mass is 32.1. The number of nitriles is 1. The average Bonchev–Trinajstić information content (AvgIpc) is 2.80. The van der Waals surface area contributed by atoms with Gasteiger partial charge in [0.2, 0.25) is 0 Å². The van der Waals surface area contributed by atoms with Crippen LogP contribution in [0.1, 0.15) is 57.0 Å². The fraction of sp³-hybridized carbons (Fsp3) is 0.588. The van der Waals surface area contributed by atoms with E-state index in [-0.39, 0.29) is 24.1 Å². The molecule has 6 nitrogen and oxygen atoms in total. The van der Waals surface area contributed by atoms with Gasteiger partial charge in [0.05, 0.1) is 5.56 Å². The van der Waals surface area contributed by atoms with Crippen LogP contribution in [0.15, 0.2) is 0 Å². The van der Waals surface area contributed by atoms with E-state index < -0.39 is 11.9 Å². The second-order valence-corrected chi connectivity index (χ2v) is 8.12. The molecule has 1 aromatic heterocycles. The van der Waals surface area contributed by atoms with E-state index in [9.17, 15) is 14.9 Å². The minimum atomic E-state index is -0.433. The van der Waals surface area contributed by atoms with Crippen LogP contribution in [0, 0.1) is 11.3 Å². The number of hydrogen-bond donors (Lipinski definition) is 2. The summed E-state index contributed by atoms with van der Waals surface area (Å²) in [6.07, 6.45) is 0.935. The summed E-state index contributed by atoms with van der Waals surface area (Å²) in [4.78, 5) is 24.2. The van der Waals surface area contributed by atoms with Crippen molar-refractivity contribution in [2.24, 2.45) is 0 Å². The fourth-order valence-electron chi connectivity index (χ4n) is 3.14. The maximum Gasteiger partial charge on any atom is 0.306 e. The molecule has 0 saturated carbocycles. The minimum absolute atomic E-state index is 0.138. The Morgan fingerprint density at radius 1 is 1.38 bits per heavy atom. The Bertz CT molecular complexity index is 713. The van der Waals surface area contributed by atoms with Crippen LogP contribution in [0.25, 0.3) is 0 Å². The average molecular weight is 349 g/mol. The molecule has 0 atom stereocenters. The molecule has 2 N–H and O–H groups in total. The number of thiophene rings is 1. The zero-order valence-electron chi connectivity index (χ0n) is 14.7. The number of carbonyl (C=O) groups excluding carboxylic acids is 2. The first-order valence-corrected chi connectivity index (χ1v) is 8.72. The molecule has 2 heterocycles. The Balaban J connectivity index is 2.28. The lowest BCUT2D eigenvalue weighted by Gasteiger charge is -2.42. The first-order valence-electron chi connectivity index (χ1n) is 7.90. The summed E-state index contributed by atoms with van der Waals surface area (Å²) in [6.45, 7) is 9.65. The number of ether oxygens (including phenoxy) is 1. The molecule has 0 fully saturated rings. The molecule has 24 heavy (non-hydrogen) atoms. The number of esters is 1. The summed E-state index contributed by atoms with van der Waals surface area (Å²) in [7, 11) is 0. The van der Waals surface area contributed by atoms with Crippen LogP contribution in [0.5, 0.6) is 0 Å². The third kappa shape index (κ3) is 3.77. The topological polar surface area (TPSA) is 91.2 Å². The van der Waals surface area contributed by atoms with Crippen molar-refractivity contribution in [1.29, 1.82) is 5.26 Å². The van der Waals surface area contributed by atoms with Crippen LogP contribution in [0.4, 0.5) is 5.00 Å². The van der Waals surface area contributed by atoms with Gasteiger partial charge in [0.1, 0.15) is 11.1 Å². The molecule has 2 rings (SSSR count). The predicted molar refractivity (Wildman–Crippen MR) is 92.9 cm³/mol. The van der Waals surface area contributed by atoms with E-state index in [2.05, 4.69) is 44.4 Å². The van der Waals surface area contributed by atoms with Crippen LogP contribution < -0.4 is 10.6 Å². The number of nitrogens with one attached hydrogen (secondary N) is 2. The van der Waals surface area contributed by atoms with E-state index in [4.69, 9.17) is 4.74 Å². The normalized spacial score (nSPS) is 17.5. The smallest absolute Gasteiger partial charge is 0.306 e.